The van der Waals surface area contributed by atoms with E-state index in [-0.39, 0.29) is 0 Å². The summed E-state index contributed by atoms with van der Waals surface area (Å²) in [5, 5.41) is 4.87. The van der Waals surface area contributed by atoms with Gasteiger partial charge in [0.15, 0.2) is 0 Å². The van der Waals surface area contributed by atoms with Crippen molar-refractivity contribution in [2.45, 2.75) is 6.92 Å². The van der Waals surface area contributed by atoms with E-state index in [1.165, 1.54) is 0 Å². The molecule has 1 aromatic heterocycles. The molecule has 0 bridgehead atoms. The van der Waals surface area contributed by atoms with E-state index in [0.717, 1.165) is 16.8 Å². The van der Waals surface area contributed by atoms with E-state index in [4.69, 9.17) is 17.3 Å². The maximum absolute atomic E-state index is 5.87. The minimum absolute atomic E-state index is 0.584. The Morgan fingerprint density at radius 2 is 2.13 bits per heavy atom. The van der Waals surface area contributed by atoms with Gasteiger partial charge in [-0.05, 0) is 24.6 Å². The second-order valence-electron chi connectivity index (χ2n) is 3.54. The van der Waals surface area contributed by atoms with Gasteiger partial charge in [0.2, 0.25) is 0 Å². The summed E-state index contributed by atoms with van der Waals surface area (Å²) in [6.45, 7) is 1.97. The molecular formula is C11H12ClN3. The molecule has 2 N–H and O–H groups in total. The SMILES string of the molecule is Cc1nn(C)cc1-c1ccc(Cl)c(N)c1. The molecule has 2 rings (SSSR count). The number of nitrogens with zero attached hydrogens (tertiary/aromatic N) is 2. The topological polar surface area (TPSA) is 43.8 Å². The molecule has 0 atom stereocenters. The van der Waals surface area contributed by atoms with Gasteiger partial charge in [0.05, 0.1) is 16.4 Å². The van der Waals surface area contributed by atoms with Crippen molar-refractivity contribution < 1.29 is 0 Å². The summed E-state index contributed by atoms with van der Waals surface area (Å²) < 4.78 is 1.79. The van der Waals surface area contributed by atoms with Crippen molar-refractivity contribution in [3.63, 3.8) is 0 Å². The van der Waals surface area contributed by atoms with Crippen LogP contribution in [0, 0.1) is 6.92 Å². The molecule has 0 aliphatic heterocycles. The van der Waals surface area contributed by atoms with Gasteiger partial charge in [-0.25, -0.2) is 0 Å². The van der Waals surface area contributed by atoms with E-state index >= 15 is 0 Å². The smallest absolute Gasteiger partial charge is 0.0671 e. The van der Waals surface area contributed by atoms with Gasteiger partial charge < -0.3 is 5.73 Å². The maximum Gasteiger partial charge on any atom is 0.0671 e. The Kier molecular flexibility index (Phi) is 2.40. The quantitative estimate of drug-likeness (QED) is 0.753. The first kappa shape index (κ1) is 10.1. The van der Waals surface area contributed by atoms with Gasteiger partial charge in [-0.1, -0.05) is 17.7 Å². The van der Waals surface area contributed by atoms with Crippen LogP contribution in [0.2, 0.25) is 5.02 Å². The fourth-order valence-electron chi connectivity index (χ4n) is 1.59. The zero-order valence-electron chi connectivity index (χ0n) is 8.66. The summed E-state index contributed by atoms with van der Waals surface area (Å²) in [4.78, 5) is 0. The number of nitrogens with two attached hydrogens (primary N) is 1. The second kappa shape index (κ2) is 3.59. The molecule has 0 amide bonds. The number of aryl methyl sites for hydroxylation is 2. The Morgan fingerprint density at radius 1 is 1.40 bits per heavy atom. The number of aromatic nitrogens is 2. The molecule has 2 aromatic rings. The average molecular weight is 222 g/mol. The molecule has 0 aliphatic rings. The van der Waals surface area contributed by atoms with Crippen molar-refractivity contribution in [3.8, 4) is 11.1 Å². The molecule has 15 heavy (non-hydrogen) atoms. The highest BCUT2D eigenvalue weighted by Gasteiger charge is 2.07. The highest BCUT2D eigenvalue weighted by molar-refractivity contribution is 6.33. The predicted molar refractivity (Wildman–Crippen MR) is 62.8 cm³/mol. The van der Waals surface area contributed by atoms with Crippen LogP contribution in [0.15, 0.2) is 24.4 Å². The molecule has 0 unspecified atom stereocenters. The van der Waals surface area contributed by atoms with E-state index < -0.39 is 0 Å². The first-order valence-corrected chi connectivity index (χ1v) is 5.01. The van der Waals surface area contributed by atoms with Crippen molar-refractivity contribution in [2.75, 3.05) is 5.73 Å². The molecule has 0 aliphatic carbocycles. The largest absolute Gasteiger partial charge is 0.398 e. The fourth-order valence-corrected chi connectivity index (χ4v) is 1.71. The van der Waals surface area contributed by atoms with E-state index in [1.54, 1.807) is 10.7 Å². The molecule has 1 aromatic carbocycles. The molecular weight excluding hydrogens is 210 g/mol. The van der Waals surface area contributed by atoms with Crippen LogP contribution < -0.4 is 5.73 Å². The Labute approximate surface area is 93.5 Å². The van der Waals surface area contributed by atoms with E-state index in [1.807, 2.05) is 32.3 Å². The van der Waals surface area contributed by atoms with Crippen molar-refractivity contribution in [3.05, 3.63) is 35.1 Å². The standard InChI is InChI=1S/C11H12ClN3/c1-7-9(6-15(2)14-7)8-3-4-10(12)11(13)5-8/h3-6H,13H2,1-2H3. The van der Waals surface area contributed by atoms with Crippen LogP contribution in [0.25, 0.3) is 11.1 Å². The summed E-state index contributed by atoms with van der Waals surface area (Å²) in [6, 6.07) is 5.62. The van der Waals surface area contributed by atoms with E-state index in [0.29, 0.717) is 10.7 Å². The van der Waals surface area contributed by atoms with Gasteiger partial charge in [0.1, 0.15) is 0 Å². The first-order chi connectivity index (χ1) is 7.08. The van der Waals surface area contributed by atoms with Crippen LogP contribution in [0.4, 0.5) is 5.69 Å². The number of anilines is 1. The number of benzene rings is 1. The lowest BCUT2D eigenvalue weighted by molar-refractivity contribution is 0.756. The van der Waals surface area contributed by atoms with Crippen molar-refractivity contribution in [1.29, 1.82) is 0 Å². The highest BCUT2D eigenvalue weighted by atomic mass is 35.5. The molecule has 4 heteroatoms. The average Bonchev–Trinajstić information content (AvgIpc) is 2.50. The minimum atomic E-state index is 0.584. The Balaban J connectivity index is 2.54. The summed E-state index contributed by atoms with van der Waals surface area (Å²) in [5.41, 5.74) is 9.46. The first-order valence-electron chi connectivity index (χ1n) is 4.63. The lowest BCUT2D eigenvalue weighted by Crippen LogP contribution is -1.87. The van der Waals surface area contributed by atoms with E-state index in [9.17, 15) is 0 Å². The molecule has 0 fully saturated rings. The molecule has 0 spiro atoms. The van der Waals surface area contributed by atoms with Gasteiger partial charge in [-0.15, -0.1) is 0 Å². The summed E-state index contributed by atoms with van der Waals surface area (Å²) >= 11 is 5.87. The fraction of sp³-hybridized carbons (Fsp3) is 0.182. The van der Waals surface area contributed by atoms with Crippen LogP contribution in [-0.4, -0.2) is 9.78 Å². The second-order valence-corrected chi connectivity index (χ2v) is 3.95. The number of hydrogen-bond donors (Lipinski definition) is 1. The van der Waals surface area contributed by atoms with Gasteiger partial charge in [-0.3, -0.25) is 4.68 Å². The van der Waals surface area contributed by atoms with Crippen LogP contribution in [0.3, 0.4) is 0 Å². The molecule has 78 valence electrons. The molecule has 0 radical (unpaired) electrons. The highest BCUT2D eigenvalue weighted by Crippen LogP contribution is 2.28. The van der Waals surface area contributed by atoms with Gasteiger partial charge >= 0.3 is 0 Å². The molecule has 0 saturated carbocycles. The predicted octanol–water partition coefficient (Wildman–Crippen LogP) is 2.63. The lowest BCUT2D eigenvalue weighted by atomic mass is 10.1. The van der Waals surface area contributed by atoms with Gasteiger partial charge in [-0.2, -0.15) is 5.10 Å². The third-order valence-electron chi connectivity index (χ3n) is 2.32. The minimum Gasteiger partial charge on any atom is -0.398 e. The zero-order chi connectivity index (χ0) is 11.0. The van der Waals surface area contributed by atoms with Crippen LogP contribution in [0.1, 0.15) is 5.69 Å². The van der Waals surface area contributed by atoms with Gasteiger partial charge in [0, 0.05) is 18.8 Å². The summed E-state index contributed by atoms with van der Waals surface area (Å²) in [7, 11) is 1.90. The summed E-state index contributed by atoms with van der Waals surface area (Å²) in [6.07, 6.45) is 1.97. The lowest BCUT2D eigenvalue weighted by Gasteiger charge is -2.02. The number of halogens is 1. The number of rotatable bonds is 1. The molecule has 1 heterocycles. The Hall–Kier alpha value is -1.48. The summed E-state index contributed by atoms with van der Waals surface area (Å²) in [5.74, 6) is 0. The normalized spacial score (nSPS) is 10.6. The van der Waals surface area contributed by atoms with Gasteiger partial charge in [0.25, 0.3) is 0 Å². The van der Waals surface area contributed by atoms with Crippen molar-refractivity contribution in [2.24, 2.45) is 7.05 Å². The molecule has 3 nitrogen and oxygen atoms in total. The monoisotopic (exact) mass is 221 g/mol. The third kappa shape index (κ3) is 1.83. The zero-order valence-corrected chi connectivity index (χ0v) is 9.42. The van der Waals surface area contributed by atoms with Crippen LogP contribution >= 0.6 is 11.6 Å². The number of nitrogen functional groups attached to an aromatic ring is 1. The third-order valence-corrected chi connectivity index (χ3v) is 2.66. The van der Waals surface area contributed by atoms with Crippen LogP contribution in [-0.2, 0) is 7.05 Å². The van der Waals surface area contributed by atoms with Crippen LogP contribution in [0.5, 0.6) is 0 Å². The molecule has 0 saturated heterocycles. The number of hydrogen-bond acceptors (Lipinski definition) is 2. The Bertz CT molecular complexity index is 503. The van der Waals surface area contributed by atoms with E-state index in [2.05, 4.69) is 5.10 Å². The van der Waals surface area contributed by atoms with Crippen molar-refractivity contribution in [1.82, 2.24) is 9.78 Å². The van der Waals surface area contributed by atoms with Crippen molar-refractivity contribution >= 4 is 17.3 Å². The maximum atomic E-state index is 5.87. The Morgan fingerprint density at radius 3 is 2.67 bits per heavy atom.